The summed E-state index contributed by atoms with van der Waals surface area (Å²) in [7, 11) is 0. The summed E-state index contributed by atoms with van der Waals surface area (Å²) >= 11 is 4.81. The smallest absolute Gasteiger partial charge is 0.264 e. The van der Waals surface area contributed by atoms with Gasteiger partial charge in [0.15, 0.2) is 5.17 Å². The van der Waals surface area contributed by atoms with Crippen LogP contribution in [0.5, 0.6) is 5.75 Å². The van der Waals surface area contributed by atoms with Crippen LogP contribution < -0.4 is 10.1 Å². The van der Waals surface area contributed by atoms with Crippen molar-refractivity contribution in [3.63, 3.8) is 0 Å². The van der Waals surface area contributed by atoms with Crippen LogP contribution in [0, 0.1) is 0 Å². The molecule has 2 aromatic carbocycles. The number of nitrogens with one attached hydrogen (secondary N) is 1. The monoisotopic (exact) mass is 400 g/mol. The van der Waals surface area contributed by atoms with Crippen LogP contribution >= 0.6 is 27.7 Å². The minimum atomic E-state index is -0.123. The van der Waals surface area contributed by atoms with Crippen molar-refractivity contribution in [1.29, 1.82) is 0 Å². The summed E-state index contributed by atoms with van der Waals surface area (Å²) in [5.41, 5.74) is 2.98. The number of carbonyl (C=O) groups is 1. The molecule has 4 rings (SSSR count). The third-order valence-corrected chi connectivity index (χ3v) is 5.32. The molecule has 4 nitrogen and oxygen atoms in total. The second-order valence-electron chi connectivity index (χ2n) is 5.40. The first-order valence-electron chi connectivity index (χ1n) is 7.49. The molecule has 0 radical (unpaired) electrons. The molecule has 1 amide bonds. The molecule has 0 saturated carbocycles. The summed E-state index contributed by atoms with van der Waals surface area (Å²) in [6, 6.07) is 13.7. The predicted octanol–water partition coefficient (Wildman–Crippen LogP) is 4.28. The number of nitrogens with zero attached hydrogens (tertiary/aromatic N) is 1. The van der Waals surface area contributed by atoms with Crippen LogP contribution in [0.4, 0.5) is 5.69 Å². The number of ether oxygens (including phenoxy) is 1. The fraction of sp³-hybridized carbons (Fsp3) is 0.111. The SMILES string of the molecule is O=C1NC(=Nc2ccccc2Br)S/C1=C/c1ccc2c(c1)CCO2. The molecule has 0 spiro atoms. The number of hydrogen-bond donors (Lipinski definition) is 1. The first-order chi connectivity index (χ1) is 11.7. The third-order valence-electron chi connectivity index (χ3n) is 3.74. The van der Waals surface area contributed by atoms with E-state index in [4.69, 9.17) is 4.74 Å². The summed E-state index contributed by atoms with van der Waals surface area (Å²) in [4.78, 5) is 17.3. The Morgan fingerprint density at radius 3 is 3.00 bits per heavy atom. The quantitative estimate of drug-likeness (QED) is 0.765. The summed E-state index contributed by atoms with van der Waals surface area (Å²) in [5, 5.41) is 3.40. The van der Waals surface area contributed by atoms with Gasteiger partial charge in [0.05, 0.1) is 17.2 Å². The molecule has 0 unspecified atom stereocenters. The number of rotatable bonds is 2. The molecule has 1 fully saturated rings. The summed E-state index contributed by atoms with van der Waals surface area (Å²) in [6.07, 6.45) is 2.81. The lowest BCUT2D eigenvalue weighted by atomic mass is 10.1. The predicted molar refractivity (Wildman–Crippen MR) is 101 cm³/mol. The molecule has 2 aliphatic heterocycles. The molecule has 120 valence electrons. The molecule has 1 saturated heterocycles. The number of benzene rings is 2. The lowest BCUT2D eigenvalue weighted by Gasteiger charge is -2.00. The van der Waals surface area contributed by atoms with Crippen molar-refractivity contribution in [2.45, 2.75) is 6.42 Å². The van der Waals surface area contributed by atoms with Gasteiger partial charge in [0.25, 0.3) is 5.91 Å². The van der Waals surface area contributed by atoms with Crippen LogP contribution in [0.2, 0.25) is 0 Å². The molecule has 0 atom stereocenters. The Morgan fingerprint density at radius 2 is 2.12 bits per heavy atom. The minimum absolute atomic E-state index is 0.123. The van der Waals surface area contributed by atoms with E-state index in [1.165, 1.54) is 17.3 Å². The molecule has 0 aromatic heterocycles. The Kier molecular flexibility index (Phi) is 4.16. The normalized spacial score (nSPS) is 19.5. The number of fused-ring (bicyclic) bond motifs is 1. The Balaban J connectivity index is 1.59. The first-order valence-corrected chi connectivity index (χ1v) is 9.10. The molecule has 0 bridgehead atoms. The van der Waals surface area contributed by atoms with Crippen molar-refractivity contribution in [2.24, 2.45) is 4.99 Å². The van der Waals surface area contributed by atoms with E-state index in [0.29, 0.717) is 10.1 Å². The van der Waals surface area contributed by atoms with Gasteiger partial charge in [-0.25, -0.2) is 4.99 Å². The summed E-state index contributed by atoms with van der Waals surface area (Å²) in [5.74, 6) is 0.819. The van der Waals surface area contributed by atoms with Gasteiger partial charge in [-0.3, -0.25) is 4.79 Å². The Bertz CT molecular complexity index is 892. The summed E-state index contributed by atoms with van der Waals surface area (Å²) < 4.78 is 6.40. The highest BCUT2D eigenvalue weighted by molar-refractivity contribution is 9.10. The maximum atomic E-state index is 12.2. The van der Waals surface area contributed by atoms with Crippen molar-refractivity contribution >= 4 is 50.5 Å². The number of amidine groups is 1. The van der Waals surface area contributed by atoms with Crippen LogP contribution in [-0.4, -0.2) is 17.7 Å². The lowest BCUT2D eigenvalue weighted by molar-refractivity contribution is -0.115. The van der Waals surface area contributed by atoms with Gasteiger partial charge in [-0.05, 0) is 69.2 Å². The fourth-order valence-electron chi connectivity index (χ4n) is 2.58. The van der Waals surface area contributed by atoms with Crippen LogP contribution in [-0.2, 0) is 11.2 Å². The van der Waals surface area contributed by atoms with Gasteiger partial charge in [0.1, 0.15) is 5.75 Å². The fourth-order valence-corrected chi connectivity index (χ4v) is 3.79. The van der Waals surface area contributed by atoms with Crippen LogP contribution in [0.15, 0.2) is 56.8 Å². The highest BCUT2D eigenvalue weighted by Gasteiger charge is 2.24. The number of hydrogen-bond acceptors (Lipinski definition) is 4. The maximum Gasteiger partial charge on any atom is 0.264 e. The Hall–Kier alpha value is -2.05. The van der Waals surface area contributed by atoms with E-state index in [0.717, 1.165) is 34.5 Å². The number of thioether (sulfide) groups is 1. The summed E-state index contributed by atoms with van der Waals surface area (Å²) in [6.45, 7) is 0.730. The zero-order valence-corrected chi connectivity index (χ0v) is 15.0. The van der Waals surface area contributed by atoms with Gasteiger partial charge >= 0.3 is 0 Å². The van der Waals surface area contributed by atoms with Crippen LogP contribution in [0.3, 0.4) is 0 Å². The van der Waals surface area contributed by atoms with E-state index in [2.05, 4.69) is 32.3 Å². The number of carbonyl (C=O) groups excluding carboxylic acids is 1. The van der Waals surface area contributed by atoms with Gasteiger partial charge in [0, 0.05) is 10.9 Å². The molecular formula is C18H13BrN2O2S. The van der Waals surface area contributed by atoms with Gasteiger partial charge in [-0.1, -0.05) is 18.2 Å². The Morgan fingerprint density at radius 1 is 1.25 bits per heavy atom. The van der Waals surface area contributed by atoms with Crippen molar-refractivity contribution in [1.82, 2.24) is 5.32 Å². The number of halogens is 1. The van der Waals surface area contributed by atoms with E-state index >= 15 is 0 Å². The standard InChI is InChI=1S/C18H13BrN2O2S/c19-13-3-1-2-4-14(13)20-18-21-17(22)16(24-18)10-11-5-6-15-12(9-11)7-8-23-15/h1-6,9-10H,7-8H2,(H,20,21,22)/b16-10+. The van der Waals surface area contributed by atoms with Gasteiger partial charge in [-0.2, -0.15) is 0 Å². The average molecular weight is 401 g/mol. The first kappa shape index (κ1) is 15.5. The molecule has 0 aliphatic carbocycles. The topological polar surface area (TPSA) is 50.7 Å². The van der Waals surface area contributed by atoms with E-state index in [-0.39, 0.29) is 5.91 Å². The van der Waals surface area contributed by atoms with E-state index in [9.17, 15) is 4.79 Å². The zero-order valence-electron chi connectivity index (χ0n) is 12.6. The van der Waals surface area contributed by atoms with Crippen molar-refractivity contribution in [3.8, 4) is 5.75 Å². The number of aliphatic imine (C=N–C) groups is 1. The molecule has 24 heavy (non-hydrogen) atoms. The van der Waals surface area contributed by atoms with E-state index < -0.39 is 0 Å². The molecule has 2 heterocycles. The minimum Gasteiger partial charge on any atom is -0.493 e. The lowest BCUT2D eigenvalue weighted by Crippen LogP contribution is -2.19. The molecule has 2 aliphatic rings. The van der Waals surface area contributed by atoms with Crippen molar-refractivity contribution in [3.05, 3.63) is 63.0 Å². The molecule has 2 aromatic rings. The van der Waals surface area contributed by atoms with Crippen LogP contribution in [0.1, 0.15) is 11.1 Å². The van der Waals surface area contributed by atoms with Gasteiger partial charge in [-0.15, -0.1) is 0 Å². The maximum absolute atomic E-state index is 12.2. The second kappa shape index (κ2) is 6.45. The van der Waals surface area contributed by atoms with Crippen molar-refractivity contribution < 1.29 is 9.53 Å². The van der Waals surface area contributed by atoms with Crippen LogP contribution in [0.25, 0.3) is 6.08 Å². The largest absolute Gasteiger partial charge is 0.493 e. The molecule has 6 heteroatoms. The van der Waals surface area contributed by atoms with E-state index in [1.54, 1.807) is 0 Å². The van der Waals surface area contributed by atoms with Gasteiger partial charge < -0.3 is 10.1 Å². The second-order valence-corrected chi connectivity index (χ2v) is 7.28. The molecule has 1 N–H and O–H groups in total. The molecular weight excluding hydrogens is 388 g/mol. The highest BCUT2D eigenvalue weighted by atomic mass is 79.9. The Labute approximate surface area is 152 Å². The average Bonchev–Trinajstić information content (AvgIpc) is 3.16. The third kappa shape index (κ3) is 3.12. The number of para-hydroxylation sites is 1. The zero-order chi connectivity index (χ0) is 16.5. The van der Waals surface area contributed by atoms with Gasteiger partial charge in [0.2, 0.25) is 0 Å². The number of amides is 1. The van der Waals surface area contributed by atoms with Crippen molar-refractivity contribution in [2.75, 3.05) is 6.61 Å². The highest BCUT2D eigenvalue weighted by Crippen LogP contribution is 2.32. The van der Waals surface area contributed by atoms with E-state index in [1.807, 2.05) is 42.5 Å².